The first kappa shape index (κ1) is 20.9. The van der Waals surface area contributed by atoms with Gasteiger partial charge in [0.05, 0.1) is 11.4 Å². The molecule has 7 nitrogen and oxygen atoms in total. The number of aryl methyl sites for hydroxylation is 1. The molecule has 0 unspecified atom stereocenters. The van der Waals surface area contributed by atoms with E-state index >= 15 is 0 Å². The monoisotopic (exact) mass is 384 g/mol. The van der Waals surface area contributed by atoms with Gasteiger partial charge in [-0.15, -0.1) is 0 Å². The predicted molar refractivity (Wildman–Crippen MR) is 101 cm³/mol. The van der Waals surface area contributed by atoms with Crippen LogP contribution in [0.5, 0.6) is 0 Å². The zero-order valence-electron chi connectivity index (χ0n) is 16.6. The molecule has 1 aromatic heterocycles. The Labute approximate surface area is 157 Å². The van der Waals surface area contributed by atoms with E-state index in [0.717, 1.165) is 0 Å². The first-order chi connectivity index (χ1) is 12.0. The fraction of sp³-hybridized carbons (Fsp3) is 0.778. The summed E-state index contributed by atoms with van der Waals surface area (Å²) >= 11 is 0. The Kier molecular flexibility index (Phi) is 6.50. The summed E-state index contributed by atoms with van der Waals surface area (Å²) in [6, 6.07) is 0. The minimum atomic E-state index is -3.69. The zero-order chi connectivity index (χ0) is 19.5. The van der Waals surface area contributed by atoms with Gasteiger partial charge in [0, 0.05) is 12.1 Å². The van der Waals surface area contributed by atoms with Crippen LogP contribution in [-0.4, -0.2) is 36.2 Å². The third-order valence-corrected chi connectivity index (χ3v) is 6.64. The average Bonchev–Trinajstić information content (AvgIpc) is 2.78. The molecule has 0 saturated heterocycles. The van der Waals surface area contributed by atoms with Crippen molar-refractivity contribution in [2.45, 2.75) is 83.7 Å². The lowest BCUT2D eigenvalue weighted by Crippen LogP contribution is -2.40. The molecular weight excluding hydrogens is 352 g/mol. The molecule has 2 N–H and O–H groups in total. The zero-order valence-corrected chi connectivity index (χ0v) is 17.4. The number of carbonyl (C=O) groups excluding carboxylic acids is 1. The molecule has 0 bridgehead atoms. The summed E-state index contributed by atoms with van der Waals surface area (Å²) < 4.78 is 29.4. The number of nitrogens with one attached hydrogen (secondary N) is 2. The Morgan fingerprint density at radius 2 is 1.81 bits per heavy atom. The summed E-state index contributed by atoms with van der Waals surface area (Å²) in [7, 11) is -3.69. The van der Waals surface area contributed by atoms with Crippen molar-refractivity contribution in [2.75, 3.05) is 6.54 Å². The Hall–Kier alpha value is -1.41. The van der Waals surface area contributed by atoms with Crippen molar-refractivity contribution >= 4 is 15.9 Å². The summed E-state index contributed by atoms with van der Waals surface area (Å²) in [6.07, 6.45) is 6.10. The maximum absolute atomic E-state index is 12.7. The highest BCUT2D eigenvalue weighted by molar-refractivity contribution is 7.89. The summed E-state index contributed by atoms with van der Waals surface area (Å²) in [4.78, 5) is 12.4. The minimum absolute atomic E-state index is 0.0322. The van der Waals surface area contributed by atoms with Gasteiger partial charge < -0.3 is 5.32 Å². The number of hydrogen-bond donors (Lipinski definition) is 2. The molecule has 1 saturated carbocycles. The van der Waals surface area contributed by atoms with Gasteiger partial charge in [-0.3, -0.25) is 9.48 Å². The highest BCUT2D eigenvalue weighted by Gasteiger charge is 2.29. The predicted octanol–water partition coefficient (Wildman–Crippen LogP) is 2.27. The molecule has 2 rings (SSSR count). The molecular formula is C18H32N4O3S. The van der Waals surface area contributed by atoms with Crippen molar-refractivity contribution in [2.24, 2.45) is 5.92 Å². The fourth-order valence-electron chi connectivity index (χ4n) is 3.52. The molecule has 1 aliphatic carbocycles. The van der Waals surface area contributed by atoms with Crippen LogP contribution in [0.4, 0.5) is 0 Å². The molecule has 1 amide bonds. The van der Waals surface area contributed by atoms with Gasteiger partial charge >= 0.3 is 0 Å². The van der Waals surface area contributed by atoms with Gasteiger partial charge in [-0.05, 0) is 53.4 Å². The normalized spacial score (nSPS) is 16.7. The second-order valence-corrected chi connectivity index (χ2v) is 9.94. The van der Waals surface area contributed by atoms with Crippen LogP contribution < -0.4 is 10.0 Å². The van der Waals surface area contributed by atoms with Crippen molar-refractivity contribution < 1.29 is 13.2 Å². The summed E-state index contributed by atoms with van der Waals surface area (Å²) in [5, 5.41) is 7.25. The van der Waals surface area contributed by atoms with Gasteiger partial charge in [0.2, 0.25) is 15.9 Å². The average molecular weight is 385 g/mol. The summed E-state index contributed by atoms with van der Waals surface area (Å²) in [6.45, 7) is 9.43. The van der Waals surface area contributed by atoms with Gasteiger partial charge in [-0.25, -0.2) is 13.1 Å². The van der Waals surface area contributed by atoms with Gasteiger partial charge in [-0.1, -0.05) is 19.3 Å². The maximum atomic E-state index is 12.7. The third-order valence-electron chi connectivity index (χ3n) is 4.63. The number of amides is 1. The number of aromatic nitrogens is 2. The molecule has 0 aliphatic heterocycles. The SMILES string of the molecule is Cc1nn(CC(=O)NCC2CCCCC2)c(C)c1S(=O)(=O)NC(C)(C)C. The molecule has 0 aromatic carbocycles. The molecule has 0 atom stereocenters. The first-order valence-corrected chi connectivity index (χ1v) is 10.8. The van der Waals surface area contributed by atoms with Gasteiger partial charge in [0.15, 0.2) is 0 Å². The van der Waals surface area contributed by atoms with Crippen molar-refractivity contribution in [3.05, 3.63) is 11.4 Å². The van der Waals surface area contributed by atoms with Crippen molar-refractivity contribution in [1.29, 1.82) is 0 Å². The van der Waals surface area contributed by atoms with Crippen LogP contribution in [0, 0.1) is 19.8 Å². The lowest BCUT2D eigenvalue weighted by atomic mass is 9.89. The van der Waals surface area contributed by atoms with Crippen LogP contribution in [0.3, 0.4) is 0 Å². The second kappa shape index (κ2) is 8.08. The third kappa shape index (κ3) is 5.54. The van der Waals surface area contributed by atoms with E-state index in [1.54, 1.807) is 34.6 Å². The topological polar surface area (TPSA) is 93.1 Å². The molecule has 1 aromatic rings. The van der Waals surface area contributed by atoms with Crippen molar-refractivity contribution in [3.63, 3.8) is 0 Å². The Balaban J connectivity index is 2.05. The van der Waals surface area contributed by atoms with Crippen LogP contribution in [0.15, 0.2) is 4.90 Å². The number of sulfonamides is 1. The molecule has 1 fully saturated rings. The molecule has 1 aliphatic rings. The molecule has 1 heterocycles. The molecule has 0 spiro atoms. The van der Waals surface area contributed by atoms with E-state index in [4.69, 9.17) is 0 Å². The molecule has 8 heteroatoms. The largest absolute Gasteiger partial charge is 0.354 e. The molecule has 0 radical (unpaired) electrons. The smallest absolute Gasteiger partial charge is 0.244 e. The number of hydrogen-bond acceptors (Lipinski definition) is 4. The highest BCUT2D eigenvalue weighted by atomic mass is 32.2. The van der Waals surface area contributed by atoms with Crippen LogP contribution in [0.2, 0.25) is 0 Å². The van der Waals surface area contributed by atoms with E-state index < -0.39 is 15.6 Å². The van der Waals surface area contributed by atoms with Gasteiger partial charge in [0.25, 0.3) is 0 Å². The Bertz CT molecular complexity index is 741. The van der Waals surface area contributed by atoms with Crippen LogP contribution in [0.1, 0.15) is 64.3 Å². The lowest BCUT2D eigenvalue weighted by molar-refractivity contribution is -0.122. The van der Waals surface area contributed by atoms with E-state index in [1.807, 2.05) is 0 Å². The summed E-state index contributed by atoms with van der Waals surface area (Å²) in [5.41, 5.74) is 0.295. The summed E-state index contributed by atoms with van der Waals surface area (Å²) in [5.74, 6) is 0.425. The minimum Gasteiger partial charge on any atom is -0.354 e. The van der Waals surface area contributed by atoms with Crippen LogP contribution >= 0.6 is 0 Å². The van der Waals surface area contributed by atoms with Crippen molar-refractivity contribution in [3.8, 4) is 0 Å². The molecule has 148 valence electrons. The first-order valence-electron chi connectivity index (χ1n) is 9.34. The van der Waals surface area contributed by atoms with Gasteiger partial charge in [-0.2, -0.15) is 5.10 Å². The lowest BCUT2D eigenvalue weighted by Gasteiger charge is -2.21. The maximum Gasteiger partial charge on any atom is 0.244 e. The second-order valence-electron chi connectivity index (χ2n) is 8.32. The van der Waals surface area contributed by atoms with E-state index in [0.29, 0.717) is 23.9 Å². The van der Waals surface area contributed by atoms with E-state index in [9.17, 15) is 13.2 Å². The quantitative estimate of drug-likeness (QED) is 0.787. The fourth-order valence-corrected chi connectivity index (χ4v) is 5.35. The van der Waals surface area contributed by atoms with E-state index in [-0.39, 0.29) is 17.3 Å². The van der Waals surface area contributed by atoms with Crippen LogP contribution in [-0.2, 0) is 21.4 Å². The standard InChI is InChI=1S/C18H32N4O3S/c1-13-17(26(24,25)21-18(3,4)5)14(2)22(20-13)12-16(23)19-11-15-9-7-6-8-10-15/h15,21H,6-12H2,1-5H3,(H,19,23). The van der Waals surface area contributed by atoms with E-state index in [2.05, 4.69) is 15.1 Å². The number of carbonyl (C=O) groups is 1. The molecule has 26 heavy (non-hydrogen) atoms. The van der Waals surface area contributed by atoms with E-state index in [1.165, 1.54) is 36.8 Å². The Morgan fingerprint density at radius 3 is 2.38 bits per heavy atom. The highest BCUT2D eigenvalue weighted by Crippen LogP contribution is 2.23. The van der Waals surface area contributed by atoms with Gasteiger partial charge in [0.1, 0.15) is 11.4 Å². The Morgan fingerprint density at radius 1 is 1.19 bits per heavy atom. The number of rotatable bonds is 6. The van der Waals surface area contributed by atoms with Crippen molar-refractivity contribution in [1.82, 2.24) is 19.8 Å². The number of nitrogens with zero attached hydrogens (tertiary/aromatic N) is 2. The van der Waals surface area contributed by atoms with Crippen LogP contribution in [0.25, 0.3) is 0 Å².